The molecule has 2 aromatic heterocycles. The molecule has 1 fully saturated rings. The highest BCUT2D eigenvalue weighted by molar-refractivity contribution is 5.95. The predicted octanol–water partition coefficient (Wildman–Crippen LogP) is 3.27. The summed E-state index contributed by atoms with van der Waals surface area (Å²) in [6.45, 7) is 4.96. The molecule has 0 saturated carbocycles. The number of anilines is 1. The van der Waals surface area contributed by atoms with Crippen molar-refractivity contribution in [3.63, 3.8) is 0 Å². The fraction of sp³-hybridized carbons (Fsp3) is 0.429. The number of aromatic amines is 1. The molecule has 1 aromatic carbocycles. The maximum absolute atomic E-state index is 12.0. The van der Waals surface area contributed by atoms with Gasteiger partial charge in [-0.3, -0.25) is 4.79 Å². The SMILES string of the molecule is CNc1cc(-c2c[nH]c3ncc(C=CCNCCOC)cc23)ccc1OC1CCN(C(=O)C(C)O)CC1. The molecule has 1 amide bonds. The normalized spacial score (nSPS) is 15.4. The van der Waals surface area contributed by atoms with Crippen LogP contribution < -0.4 is 15.4 Å². The number of nitrogens with one attached hydrogen (secondary N) is 3. The zero-order valence-electron chi connectivity index (χ0n) is 21.8. The van der Waals surface area contributed by atoms with E-state index in [2.05, 4.69) is 51.0 Å². The van der Waals surface area contributed by atoms with Crippen molar-refractivity contribution in [3.05, 3.63) is 48.3 Å². The van der Waals surface area contributed by atoms with Gasteiger partial charge < -0.3 is 35.1 Å². The van der Waals surface area contributed by atoms with Crippen LogP contribution in [0.5, 0.6) is 5.75 Å². The van der Waals surface area contributed by atoms with E-state index >= 15 is 0 Å². The Bertz CT molecular complexity index is 1210. The van der Waals surface area contributed by atoms with Gasteiger partial charge in [-0.2, -0.15) is 0 Å². The summed E-state index contributed by atoms with van der Waals surface area (Å²) < 4.78 is 11.4. The lowest BCUT2D eigenvalue weighted by molar-refractivity contribution is -0.141. The Morgan fingerprint density at radius 3 is 2.86 bits per heavy atom. The first-order valence-electron chi connectivity index (χ1n) is 12.8. The molecule has 0 aliphatic carbocycles. The summed E-state index contributed by atoms with van der Waals surface area (Å²) in [5, 5.41) is 17.2. The van der Waals surface area contributed by atoms with E-state index in [9.17, 15) is 9.90 Å². The summed E-state index contributed by atoms with van der Waals surface area (Å²) >= 11 is 0. The number of aliphatic hydroxyl groups is 1. The van der Waals surface area contributed by atoms with Crippen LogP contribution in [0.4, 0.5) is 5.69 Å². The molecule has 9 nitrogen and oxygen atoms in total. The molecule has 1 aliphatic rings. The highest BCUT2D eigenvalue weighted by Gasteiger charge is 2.26. The van der Waals surface area contributed by atoms with Crippen molar-refractivity contribution < 1.29 is 19.4 Å². The fourth-order valence-corrected chi connectivity index (χ4v) is 4.54. The summed E-state index contributed by atoms with van der Waals surface area (Å²) in [5.74, 6) is 0.568. The number of carbonyl (C=O) groups excluding carboxylic acids is 1. The summed E-state index contributed by atoms with van der Waals surface area (Å²) in [4.78, 5) is 21.6. The number of piperidine rings is 1. The van der Waals surface area contributed by atoms with Gasteiger partial charge in [0.1, 0.15) is 23.6 Å². The number of H-pyrrole nitrogens is 1. The van der Waals surface area contributed by atoms with Crippen LogP contribution in [0.25, 0.3) is 28.2 Å². The molecule has 198 valence electrons. The minimum Gasteiger partial charge on any atom is -0.488 e. The average molecular weight is 508 g/mol. The third-order valence-electron chi connectivity index (χ3n) is 6.57. The molecule has 0 radical (unpaired) electrons. The second kappa shape index (κ2) is 12.7. The number of benzene rings is 1. The Morgan fingerprint density at radius 2 is 2.14 bits per heavy atom. The maximum Gasteiger partial charge on any atom is 0.251 e. The van der Waals surface area contributed by atoms with Crippen molar-refractivity contribution >= 4 is 28.7 Å². The first kappa shape index (κ1) is 26.7. The van der Waals surface area contributed by atoms with Gasteiger partial charge in [0.15, 0.2) is 0 Å². The number of pyridine rings is 1. The number of hydrogen-bond donors (Lipinski definition) is 4. The lowest BCUT2D eigenvalue weighted by Gasteiger charge is -2.33. The van der Waals surface area contributed by atoms with Crippen molar-refractivity contribution in [3.8, 4) is 16.9 Å². The molecule has 3 heterocycles. The van der Waals surface area contributed by atoms with E-state index in [4.69, 9.17) is 9.47 Å². The smallest absolute Gasteiger partial charge is 0.251 e. The van der Waals surface area contributed by atoms with Crippen LogP contribution in [0.1, 0.15) is 25.3 Å². The van der Waals surface area contributed by atoms with Crippen molar-refractivity contribution in [1.29, 1.82) is 0 Å². The van der Waals surface area contributed by atoms with Crippen LogP contribution in [0.2, 0.25) is 0 Å². The molecule has 4 rings (SSSR count). The number of methoxy groups -OCH3 is 1. The molecule has 1 aliphatic heterocycles. The quantitative estimate of drug-likeness (QED) is 0.295. The zero-order valence-corrected chi connectivity index (χ0v) is 21.8. The lowest BCUT2D eigenvalue weighted by atomic mass is 10.0. The third kappa shape index (κ3) is 6.68. The fourth-order valence-electron chi connectivity index (χ4n) is 4.54. The largest absolute Gasteiger partial charge is 0.488 e. The van der Waals surface area contributed by atoms with Gasteiger partial charge in [0.2, 0.25) is 0 Å². The topological polar surface area (TPSA) is 112 Å². The number of fused-ring (bicyclic) bond motifs is 1. The van der Waals surface area contributed by atoms with Gasteiger partial charge in [-0.15, -0.1) is 0 Å². The zero-order chi connectivity index (χ0) is 26.2. The van der Waals surface area contributed by atoms with E-state index in [0.717, 1.165) is 65.1 Å². The summed E-state index contributed by atoms with van der Waals surface area (Å²) in [6, 6.07) is 8.29. The highest BCUT2D eigenvalue weighted by atomic mass is 16.5. The Kier molecular flexibility index (Phi) is 9.16. The van der Waals surface area contributed by atoms with Crippen molar-refractivity contribution in [1.82, 2.24) is 20.2 Å². The van der Waals surface area contributed by atoms with Crippen molar-refractivity contribution in [2.45, 2.75) is 32.0 Å². The number of likely N-dealkylation sites (tertiary alicyclic amines) is 1. The average Bonchev–Trinajstić information content (AvgIpc) is 3.34. The first-order valence-corrected chi connectivity index (χ1v) is 12.8. The number of nitrogens with zero attached hydrogens (tertiary/aromatic N) is 2. The van der Waals surface area contributed by atoms with Gasteiger partial charge in [0, 0.05) is 76.5 Å². The van der Waals surface area contributed by atoms with Gasteiger partial charge in [-0.25, -0.2) is 4.98 Å². The number of amides is 1. The van der Waals surface area contributed by atoms with E-state index < -0.39 is 6.10 Å². The van der Waals surface area contributed by atoms with Crippen LogP contribution in [-0.4, -0.2) is 85.0 Å². The molecule has 0 spiro atoms. The predicted molar refractivity (Wildman–Crippen MR) is 147 cm³/mol. The lowest BCUT2D eigenvalue weighted by Crippen LogP contribution is -2.45. The van der Waals surface area contributed by atoms with Crippen molar-refractivity contribution in [2.75, 3.05) is 52.3 Å². The summed E-state index contributed by atoms with van der Waals surface area (Å²) in [7, 11) is 3.58. The van der Waals surface area contributed by atoms with Gasteiger partial charge in [0.05, 0.1) is 12.3 Å². The molecule has 1 saturated heterocycles. The second-order valence-electron chi connectivity index (χ2n) is 9.25. The van der Waals surface area contributed by atoms with E-state index in [1.807, 2.05) is 25.5 Å². The number of ether oxygens (including phenoxy) is 2. The Morgan fingerprint density at radius 1 is 1.32 bits per heavy atom. The number of aliphatic hydroxyl groups excluding tert-OH is 1. The maximum atomic E-state index is 12.0. The molecular weight excluding hydrogens is 470 g/mol. The van der Waals surface area contributed by atoms with E-state index in [0.29, 0.717) is 19.7 Å². The Hall–Kier alpha value is -3.40. The number of hydrogen-bond acceptors (Lipinski definition) is 7. The third-order valence-corrected chi connectivity index (χ3v) is 6.57. The van der Waals surface area contributed by atoms with Gasteiger partial charge >= 0.3 is 0 Å². The molecule has 9 heteroatoms. The summed E-state index contributed by atoms with van der Waals surface area (Å²) in [6.07, 6.45) is 8.53. The van der Waals surface area contributed by atoms with Crippen LogP contribution in [0, 0.1) is 0 Å². The Labute approximate surface area is 217 Å². The molecule has 37 heavy (non-hydrogen) atoms. The second-order valence-corrected chi connectivity index (χ2v) is 9.25. The number of carbonyl (C=O) groups is 1. The molecule has 0 bridgehead atoms. The molecule has 4 N–H and O–H groups in total. The van der Waals surface area contributed by atoms with Crippen LogP contribution in [0.3, 0.4) is 0 Å². The van der Waals surface area contributed by atoms with Crippen LogP contribution >= 0.6 is 0 Å². The Balaban J connectivity index is 1.45. The molecular formula is C28H37N5O4. The minimum atomic E-state index is -0.962. The summed E-state index contributed by atoms with van der Waals surface area (Å²) in [5.41, 5.74) is 4.92. The van der Waals surface area contributed by atoms with Gasteiger partial charge in [-0.1, -0.05) is 18.2 Å². The van der Waals surface area contributed by atoms with E-state index in [1.165, 1.54) is 6.92 Å². The van der Waals surface area contributed by atoms with Gasteiger partial charge in [-0.05, 0) is 36.2 Å². The molecule has 1 atom stereocenters. The number of rotatable bonds is 11. The van der Waals surface area contributed by atoms with E-state index in [1.54, 1.807) is 12.0 Å². The minimum absolute atomic E-state index is 0.0200. The van der Waals surface area contributed by atoms with Gasteiger partial charge in [0.25, 0.3) is 5.91 Å². The van der Waals surface area contributed by atoms with Crippen LogP contribution in [0.15, 0.2) is 42.7 Å². The first-order chi connectivity index (χ1) is 18.0. The number of aromatic nitrogens is 2. The standard InChI is InChI=1S/C28H37N5O4/c1-19(34)28(35)33-12-8-22(9-13-33)37-26-7-6-21(16-25(26)29-2)24-18-32-27-23(24)15-20(17-31-27)5-4-10-30-11-14-36-3/h4-7,15-19,22,29-30,34H,8-14H2,1-3H3,(H,31,32). The molecule has 3 aromatic rings. The van der Waals surface area contributed by atoms with E-state index in [-0.39, 0.29) is 12.0 Å². The van der Waals surface area contributed by atoms with Crippen molar-refractivity contribution in [2.24, 2.45) is 0 Å². The highest BCUT2D eigenvalue weighted by Crippen LogP contribution is 2.35. The van der Waals surface area contributed by atoms with Crippen LogP contribution in [-0.2, 0) is 9.53 Å². The molecule has 1 unspecified atom stereocenters. The monoisotopic (exact) mass is 507 g/mol.